The fourth-order valence-electron chi connectivity index (χ4n) is 1.34. The molecule has 134 valence electrons. The molecule has 0 aliphatic heterocycles. The highest BCUT2D eigenvalue weighted by molar-refractivity contribution is 14.1. The largest absolute Gasteiger partial charge is 0.748 e. The van der Waals surface area contributed by atoms with Crippen molar-refractivity contribution in [2.24, 2.45) is 0 Å². The van der Waals surface area contributed by atoms with Gasteiger partial charge in [-0.25, -0.2) is 18.0 Å². The highest BCUT2D eigenvalue weighted by atomic mass is 127. The molecule has 7 nitrogen and oxygen atoms in total. The number of esters is 2. The van der Waals surface area contributed by atoms with Crippen LogP contribution in [0.15, 0.2) is 12.1 Å². The smallest absolute Gasteiger partial charge is 0.413 e. The van der Waals surface area contributed by atoms with Crippen LogP contribution in [0, 0.1) is 10.7 Å². The van der Waals surface area contributed by atoms with Crippen LogP contribution >= 0.6 is 67.8 Å². The molecule has 0 heterocycles. The number of carbonyl (C=O) groups is 2. The summed E-state index contributed by atoms with van der Waals surface area (Å²) in [7, 11) is -5.30. The lowest BCUT2D eigenvalue weighted by Gasteiger charge is -2.18. The molecule has 1 aromatic rings. The van der Waals surface area contributed by atoms with Gasteiger partial charge in [-0.1, -0.05) is 0 Å². The summed E-state index contributed by atoms with van der Waals surface area (Å²) in [6, 6.07) is 3.27. The molecule has 0 amide bonds. The fraction of sp³-hybridized carbons (Fsp3) is 0.273. The standard InChI is InChI=1S/C11H7F2I3O7S/c12-11(13,4-24(19,20)21)23-8(17)3-22-10(18)6-1-5(14)2-7(15)9(6)16/h1-2H,3-4H2,(H,19,20,21)/p-1. The van der Waals surface area contributed by atoms with Gasteiger partial charge in [0.25, 0.3) is 0 Å². The summed E-state index contributed by atoms with van der Waals surface area (Å²) in [5, 5.41) is 0. The average Bonchev–Trinajstić information content (AvgIpc) is 2.36. The molecule has 0 N–H and O–H groups in total. The molecule has 0 bridgehead atoms. The molecule has 0 unspecified atom stereocenters. The summed E-state index contributed by atoms with van der Waals surface area (Å²) in [5.41, 5.74) is 0.133. The van der Waals surface area contributed by atoms with Gasteiger partial charge in [0, 0.05) is 10.7 Å². The summed E-state index contributed by atoms with van der Waals surface area (Å²) in [5.74, 6) is -4.83. The van der Waals surface area contributed by atoms with E-state index in [4.69, 9.17) is 0 Å². The first-order chi connectivity index (χ1) is 10.8. The summed E-state index contributed by atoms with van der Waals surface area (Å²) in [4.78, 5) is 23.1. The molecule has 0 atom stereocenters. The maximum atomic E-state index is 13.0. The molecule has 1 rings (SSSR count). The molecule has 0 spiro atoms. The van der Waals surface area contributed by atoms with Gasteiger partial charge in [-0.05, 0) is 79.9 Å². The second-order valence-corrected chi connectivity index (χ2v) is 9.03. The highest BCUT2D eigenvalue weighted by Gasteiger charge is 2.37. The molecule has 13 heteroatoms. The molecule has 0 aliphatic carbocycles. The van der Waals surface area contributed by atoms with E-state index in [0.29, 0.717) is 3.57 Å². The quantitative estimate of drug-likeness (QED) is 0.194. The van der Waals surface area contributed by atoms with Crippen LogP contribution in [-0.2, 0) is 24.4 Å². The van der Waals surface area contributed by atoms with Crippen molar-refractivity contribution in [3.63, 3.8) is 0 Å². The third-order valence-electron chi connectivity index (χ3n) is 2.14. The molecule has 0 saturated heterocycles. The van der Waals surface area contributed by atoms with E-state index in [1.165, 1.54) is 6.07 Å². The Morgan fingerprint density at radius 3 is 2.33 bits per heavy atom. The zero-order valence-corrected chi connectivity index (χ0v) is 18.5. The normalized spacial score (nSPS) is 11.9. The van der Waals surface area contributed by atoms with Crippen LogP contribution in [0.4, 0.5) is 8.78 Å². The fourth-order valence-corrected chi connectivity index (χ4v) is 4.18. The van der Waals surface area contributed by atoms with Crippen LogP contribution in [0.25, 0.3) is 0 Å². The summed E-state index contributed by atoms with van der Waals surface area (Å²) < 4.78 is 67.0. The Morgan fingerprint density at radius 1 is 1.21 bits per heavy atom. The van der Waals surface area contributed by atoms with Gasteiger partial charge in [0.05, 0.1) is 5.56 Å². The Kier molecular flexibility index (Phi) is 8.01. The van der Waals surface area contributed by atoms with Gasteiger partial charge in [-0.15, -0.1) is 0 Å². The van der Waals surface area contributed by atoms with Crippen LogP contribution in [0.3, 0.4) is 0 Å². The Hall–Kier alpha value is 0.120. The number of ether oxygens (including phenoxy) is 2. The zero-order valence-electron chi connectivity index (χ0n) is 11.2. The van der Waals surface area contributed by atoms with Gasteiger partial charge in [0.15, 0.2) is 6.61 Å². The minimum atomic E-state index is -5.30. The van der Waals surface area contributed by atoms with Gasteiger partial charge in [-0.3, -0.25) is 0 Å². The van der Waals surface area contributed by atoms with Crippen LogP contribution in [0.2, 0.25) is 0 Å². The number of benzene rings is 1. The van der Waals surface area contributed by atoms with E-state index < -0.39 is 40.5 Å². The Morgan fingerprint density at radius 2 is 1.79 bits per heavy atom. The topological polar surface area (TPSA) is 110 Å². The zero-order chi connectivity index (χ0) is 18.7. The van der Waals surface area contributed by atoms with E-state index in [9.17, 15) is 31.3 Å². The van der Waals surface area contributed by atoms with Crippen molar-refractivity contribution in [1.82, 2.24) is 0 Å². The maximum absolute atomic E-state index is 13.0. The first-order valence-electron chi connectivity index (χ1n) is 5.65. The molecule has 0 saturated carbocycles. The van der Waals surface area contributed by atoms with E-state index in [2.05, 4.69) is 9.47 Å². The Balaban J connectivity index is 2.70. The first kappa shape index (κ1) is 22.2. The summed E-state index contributed by atoms with van der Waals surface area (Å²) in [6.07, 6.45) is -4.50. The average molecular weight is 701 g/mol. The van der Waals surface area contributed by atoms with E-state index in [1.54, 1.807) is 6.07 Å². The van der Waals surface area contributed by atoms with Gasteiger partial charge in [0.1, 0.15) is 15.9 Å². The molecule has 0 aliphatic rings. The lowest BCUT2D eigenvalue weighted by Crippen LogP contribution is -2.34. The number of carbonyl (C=O) groups excluding carboxylic acids is 2. The molecule has 0 aromatic heterocycles. The van der Waals surface area contributed by atoms with E-state index in [0.717, 1.165) is 7.14 Å². The van der Waals surface area contributed by atoms with Crippen molar-refractivity contribution >= 4 is 89.8 Å². The van der Waals surface area contributed by atoms with Gasteiger partial charge >= 0.3 is 18.0 Å². The number of hydrogen-bond donors (Lipinski definition) is 0. The van der Waals surface area contributed by atoms with Crippen LogP contribution in [0.5, 0.6) is 0 Å². The predicted molar refractivity (Wildman–Crippen MR) is 100 cm³/mol. The molecule has 24 heavy (non-hydrogen) atoms. The molecular weight excluding hydrogens is 695 g/mol. The van der Waals surface area contributed by atoms with Crippen LogP contribution in [0.1, 0.15) is 10.4 Å². The maximum Gasteiger partial charge on any atom is 0.413 e. The number of halogens is 5. The predicted octanol–water partition coefficient (Wildman–Crippen LogP) is 2.34. The van der Waals surface area contributed by atoms with Crippen molar-refractivity contribution in [2.75, 3.05) is 12.4 Å². The summed E-state index contributed by atoms with van der Waals surface area (Å²) in [6.45, 7) is -1.16. The number of alkyl halides is 2. The van der Waals surface area contributed by atoms with Crippen LogP contribution in [-0.4, -0.2) is 43.4 Å². The molecule has 1 aromatic carbocycles. The van der Waals surface area contributed by atoms with Crippen molar-refractivity contribution in [3.05, 3.63) is 28.4 Å². The third kappa shape index (κ3) is 7.56. The summed E-state index contributed by atoms with van der Waals surface area (Å²) >= 11 is 5.82. The van der Waals surface area contributed by atoms with Gasteiger partial charge in [0.2, 0.25) is 0 Å². The van der Waals surface area contributed by atoms with Gasteiger partial charge in [-0.2, -0.15) is 8.78 Å². The van der Waals surface area contributed by atoms with Crippen molar-refractivity contribution in [2.45, 2.75) is 6.11 Å². The highest BCUT2D eigenvalue weighted by Crippen LogP contribution is 2.23. The minimum absolute atomic E-state index is 0.133. The SMILES string of the molecule is O=C(COC(=O)c1cc(I)cc(I)c1I)OC(F)(F)CS(=O)(=O)[O-]. The number of rotatable bonds is 6. The van der Waals surface area contributed by atoms with E-state index >= 15 is 0 Å². The number of hydrogen-bond acceptors (Lipinski definition) is 7. The van der Waals surface area contributed by atoms with E-state index in [1.807, 2.05) is 67.8 Å². The van der Waals surface area contributed by atoms with Crippen molar-refractivity contribution in [3.8, 4) is 0 Å². The van der Waals surface area contributed by atoms with Crippen molar-refractivity contribution < 1.29 is 40.8 Å². The molecule has 0 radical (unpaired) electrons. The Bertz CT molecular complexity index is 767. The minimum Gasteiger partial charge on any atom is -0.748 e. The van der Waals surface area contributed by atoms with E-state index in [-0.39, 0.29) is 5.56 Å². The second kappa shape index (κ2) is 8.67. The lowest BCUT2D eigenvalue weighted by molar-refractivity contribution is -0.223. The monoisotopic (exact) mass is 701 g/mol. The lowest BCUT2D eigenvalue weighted by atomic mass is 10.2. The first-order valence-corrected chi connectivity index (χ1v) is 10.5. The van der Waals surface area contributed by atoms with Gasteiger partial charge < -0.3 is 14.0 Å². The van der Waals surface area contributed by atoms with Crippen LogP contribution < -0.4 is 0 Å². The molecular formula is C11H6F2I3O7S-. The molecule has 0 fully saturated rings. The Labute approximate surface area is 176 Å². The van der Waals surface area contributed by atoms with Crippen molar-refractivity contribution in [1.29, 1.82) is 0 Å². The third-order valence-corrected chi connectivity index (χ3v) is 6.50. The second-order valence-electron chi connectivity index (χ2n) is 4.14.